The number of anilines is 1. The van der Waals surface area contributed by atoms with Crippen LogP contribution in [0, 0.1) is 0 Å². The molecule has 26 heavy (non-hydrogen) atoms. The first kappa shape index (κ1) is 20.0. The molecule has 7 heteroatoms. The maximum absolute atomic E-state index is 12.5. The van der Waals surface area contributed by atoms with E-state index in [1.54, 1.807) is 12.0 Å². The van der Waals surface area contributed by atoms with Gasteiger partial charge >= 0.3 is 0 Å². The van der Waals surface area contributed by atoms with Crippen LogP contribution in [0.1, 0.15) is 13.8 Å². The molecule has 0 spiro atoms. The van der Waals surface area contributed by atoms with Gasteiger partial charge in [-0.2, -0.15) is 0 Å². The predicted octanol–water partition coefficient (Wildman–Crippen LogP) is 0.802. The van der Waals surface area contributed by atoms with E-state index in [0.717, 1.165) is 37.6 Å². The lowest BCUT2D eigenvalue weighted by Crippen LogP contribution is -2.51. The number of hydrogen-bond donors (Lipinski definition) is 1. The number of ether oxygens (including phenoxy) is 1. The number of methoxy groups -OCH3 is 1. The van der Waals surface area contributed by atoms with Gasteiger partial charge in [-0.25, -0.2) is 0 Å². The Morgan fingerprint density at radius 1 is 1.19 bits per heavy atom. The molecular formula is C19H30N4O3. The number of nitrogens with zero attached hydrogens (tertiary/aromatic N) is 3. The van der Waals surface area contributed by atoms with E-state index in [1.807, 2.05) is 32.0 Å². The van der Waals surface area contributed by atoms with Crippen LogP contribution in [0.3, 0.4) is 0 Å². The Morgan fingerprint density at radius 3 is 2.54 bits per heavy atom. The predicted molar refractivity (Wildman–Crippen MR) is 103 cm³/mol. The van der Waals surface area contributed by atoms with Gasteiger partial charge in [0.1, 0.15) is 5.75 Å². The lowest BCUT2D eigenvalue weighted by molar-refractivity contribution is -0.136. The van der Waals surface area contributed by atoms with Crippen molar-refractivity contribution in [2.75, 3.05) is 64.4 Å². The van der Waals surface area contributed by atoms with Crippen LogP contribution in [0.15, 0.2) is 24.3 Å². The monoisotopic (exact) mass is 362 g/mol. The highest BCUT2D eigenvalue weighted by Crippen LogP contribution is 2.22. The zero-order valence-corrected chi connectivity index (χ0v) is 16.0. The molecule has 1 N–H and O–H groups in total. The third kappa shape index (κ3) is 5.62. The zero-order chi connectivity index (χ0) is 18.9. The summed E-state index contributed by atoms with van der Waals surface area (Å²) in [5, 5.41) is 2.74. The molecule has 1 heterocycles. The molecule has 1 aromatic carbocycles. The average molecular weight is 362 g/mol. The third-order valence-electron chi connectivity index (χ3n) is 4.59. The van der Waals surface area contributed by atoms with E-state index in [4.69, 9.17) is 4.74 Å². The summed E-state index contributed by atoms with van der Waals surface area (Å²) >= 11 is 0. The van der Waals surface area contributed by atoms with Gasteiger partial charge in [0.05, 0.1) is 20.2 Å². The van der Waals surface area contributed by atoms with E-state index in [2.05, 4.69) is 21.2 Å². The minimum absolute atomic E-state index is 0.00795. The minimum atomic E-state index is -0.106. The molecule has 2 rings (SSSR count). The number of benzene rings is 1. The van der Waals surface area contributed by atoms with E-state index in [-0.39, 0.29) is 18.4 Å². The first-order chi connectivity index (χ1) is 12.6. The van der Waals surface area contributed by atoms with Crippen molar-refractivity contribution in [3.63, 3.8) is 0 Å². The Kier molecular flexibility index (Phi) is 7.72. The number of likely N-dealkylation sites (N-methyl/N-ethyl adjacent to an activating group) is 2. The van der Waals surface area contributed by atoms with Crippen molar-refractivity contribution in [3.05, 3.63) is 24.3 Å². The summed E-state index contributed by atoms with van der Waals surface area (Å²) in [6.07, 6.45) is 0. The Hall–Kier alpha value is -2.28. The number of rotatable bonds is 8. The van der Waals surface area contributed by atoms with Crippen LogP contribution in [0.4, 0.5) is 5.69 Å². The zero-order valence-electron chi connectivity index (χ0n) is 16.0. The molecule has 144 valence electrons. The number of piperazine rings is 1. The van der Waals surface area contributed by atoms with Crippen LogP contribution < -0.4 is 15.0 Å². The summed E-state index contributed by atoms with van der Waals surface area (Å²) in [5.74, 6) is 0.753. The second-order valence-corrected chi connectivity index (χ2v) is 6.33. The smallest absolute Gasteiger partial charge is 0.239 e. The Morgan fingerprint density at radius 2 is 1.92 bits per heavy atom. The van der Waals surface area contributed by atoms with Crippen molar-refractivity contribution >= 4 is 17.5 Å². The summed E-state index contributed by atoms with van der Waals surface area (Å²) in [4.78, 5) is 30.3. The Balaban J connectivity index is 1.83. The van der Waals surface area contributed by atoms with Crippen LogP contribution in [-0.2, 0) is 9.59 Å². The van der Waals surface area contributed by atoms with Crippen LogP contribution >= 0.6 is 0 Å². The number of amides is 2. The highest BCUT2D eigenvalue weighted by Gasteiger charge is 2.22. The molecule has 0 unspecified atom stereocenters. The summed E-state index contributed by atoms with van der Waals surface area (Å²) in [6, 6.07) is 8.04. The standard InChI is InChI=1S/C19H30N4O3/c1-4-20-18(24)14-22(5-2)19(25)15-21-9-11-23(12-10-21)16-7-6-8-17(13-16)26-3/h6-8,13H,4-5,9-12,14-15H2,1-3H3,(H,20,24). The summed E-state index contributed by atoms with van der Waals surface area (Å²) in [7, 11) is 1.67. The number of carbonyl (C=O) groups is 2. The van der Waals surface area contributed by atoms with E-state index >= 15 is 0 Å². The molecular weight excluding hydrogens is 332 g/mol. The topological polar surface area (TPSA) is 65.1 Å². The normalized spacial score (nSPS) is 14.8. The van der Waals surface area contributed by atoms with Crippen LogP contribution in [0.2, 0.25) is 0 Å². The molecule has 7 nitrogen and oxygen atoms in total. The van der Waals surface area contributed by atoms with Crippen molar-refractivity contribution in [3.8, 4) is 5.75 Å². The largest absolute Gasteiger partial charge is 0.497 e. The van der Waals surface area contributed by atoms with Crippen molar-refractivity contribution in [1.82, 2.24) is 15.1 Å². The lowest BCUT2D eigenvalue weighted by Gasteiger charge is -2.36. The van der Waals surface area contributed by atoms with Crippen molar-refractivity contribution in [2.24, 2.45) is 0 Å². The van der Waals surface area contributed by atoms with Crippen molar-refractivity contribution in [1.29, 1.82) is 0 Å². The molecule has 1 aliphatic heterocycles. The third-order valence-corrected chi connectivity index (χ3v) is 4.59. The van der Waals surface area contributed by atoms with Gasteiger partial charge in [-0.05, 0) is 26.0 Å². The van der Waals surface area contributed by atoms with Gasteiger partial charge in [-0.15, -0.1) is 0 Å². The van der Waals surface area contributed by atoms with Crippen molar-refractivity contribution in [2.45, 2.75) is 13.8 Å². The van der Waals surface area contributed by atoms with Crippen LogP contribution in [0.25, 0.3) is 0 Å². The quantitative estimate of drug-likeness (QED) is 0.741. The maximum Gasteiger partial charge on any atom is 0.239 e. The maximum atomic E-state index is 12.5. The molecule has 0 aromatic heterocycles. The van der Waals surface area contributed by atoms with Gasteiger partial charge in [0.25, 0.3) is 0 Å². The Labute approximate surface area is 155 Å². The van der Waals surface area contributed by atoms with E-state index in [9.17, 15) is 9.59 Å². The fourth-order valence-electron chi connectivity index (χ4n) is 3.07. The highest BCUT2D eigenvalue weighted by atomic mass is 16.5. The lowest BCUT2D eigenvalue weighted by atomic mass is 10.2. The first-order valence-electron chi connectivity index (χ1n) is 9.23. The molecule has 0 atom stereocenters. The molecule has 1 aromatic rings. The van der Waals surface area contributed by atoms with Crippen molar-refractivity contribution < 1.29 is 14.3 Å². The average Bonchev–Trinajstić information content (AvgIpc) is 2.67. The number of hydrogen-bond acceptors (Lipinski definition) is 5. The van der Waals surface area contributed by atoms with Gasteiger partial charge in [-0.1, -0.05) is 6.07 Å². The summed E-state index contributed by atoms with van der Waals surface area (Å²) in [6.45, 7) is 8.76. The molecule has 1 fully saturated rings. The fourth-order valence-corrected chi connectivity index (χ4v) is 3.07. The molecule has 0 bridgehead atoms. The second kappa shape index (κ2) is 10.0. The van der Waals surface area contributed by atoms with Gasteiger partial charge in [0, 0.05) is 51.0 Å². The molecule has 0 aliphatic carbocycles. The van der Waals surface area contributed by atoms with Gasteiger partial charge in [0.2, 0.25) is 11.8 Å². The summed E-state index contributed by atoms with van der Waals surface area (Å²) < 4.78 is 5.29. The first-order valence-corrected chi connectivity index (χ1v) is 9.23. The molecule has 0 saturated carbocycles. The van der Waals surface area contributed by atoms with E-state index in [0.29, 0.717) is 19.6 Å². The number of nitrogens with one attached hydrogen (secondary N) is 1. The second-order valence-electron chi connectivity index (χ2n) is 6.33. The fraction of sp³-hybridized carbons (Fsp3) is 0.579. The molecule has 0 radical (unpaired) electrons. The SMILES string of the molecule is CCNC(=O)CN(CC)C(=O)CN1CCN(c2cccc(OC)c2)CC1. The van der Waals surface area contributed by atoms with E-state index in [1.165, 1.54) is 0 Å². The highest BCUT2D eigenvalue weighted by molar-refractivity contribution is 5.85. The summed E-state index contributed by atoms with van der Waals surface area (Å²) in [5.41, 5.74) is 1.14. The molecule has 1 saturated heterocycles. The minimum Gasteiger partial charge on any atom is -0.497 e. The number of carbonyl (C=O) groups excluding carboxylic acids is 2. The molecule has 2 amide bonds. The molecule has 1 aliphatic rings. The van der Waals surface area contributed by atoms with Gasteiger partial charge < -0.3 is 19.9 Å². The Bertz CT molecular complexity index is 600. The van der Waals surface area contributed by atoms with E-state index < -0.39 is 0 Å². The van der Waals surface area contributed by atoms with Gasteiger partial charge in [-0.3, -0.25) is 14.5 Å². The van der Waals surface area contributed by atoms with Gasteiger partial charge in [0.15, 0.2) is 0 Å². The van der Waals surface area contributed by atoms with Crippen LogP contribution in [0.5, 0.6) is 5.75 Å². The van der Waals surface area contributed by atoms with Crippen LogP contribution in [-0.4, -0.2) is 81.1 Å².